The van der Waals surface area contributed by atoms with E-state index in [0.717, 1.165) is 11.9 Å². The molecule has 0 amide bonds. The van der Waals surface area contributed by atoms with E-state index < -0.39 is 0 Å². The van der Waals surface area contributed by atoms with Gasteiger partial charge >= 0.3 is 0 Å². The molecule has 2 nitrogen and oxygen atoms in total. The summed E-state index contributed by atoms with van der Waals surface area (Å²) in [6, 6.07) is 6.96. The van der Waals surface area contributed by atoms with Crippen molar-refractivity contribution in [3.63, 3.8) is 0 Å². The van der Waals surface area contributed by atoms with E-state index in [-0.39, 0.29) is 0 Å². The van der Waals surface area contributed by atoms with Gasteiger partial charge in [0, 0.05) is 6.04 Å². The molecule has 2 heteroatoms. The molecule has 1 atom stereocenters. The van der Waals surface area contributed by atoms with Gasteiger partial charge < -0.3 is 4.57 Å². The number of imidazole rings is 1. The number of rotatable bonds is 2. The van der Waals surface area contributed by atoms with Crippen LogP contribution in [0.4, 0.5) is 0 Å². The fourth-order valence-corrected chi connectivity index (χ4v) is 1.69. The predicted molar refractivity (Wildman–Crippen MR) is 59.5 cm³/mol. The topological polar surface area (TPSA) is 17.8 Å². The summed E-state index contributed by atoms with van der Waals surface area (Å²) in [4.78, 5) is 4.41. The highest BCUT2D eigenvalue weighted by molar-refractivity contribution is 5.76. The van der Waals surface area contributed by atoms with Crippen LogP contribution in [-0.2, 0) is 0 Å². The lowest BCUT2D eigenvalue weighted by Crippen LogP contribution is -2.01. The molecule has 14 heavy (non-hydrogen) atoms. The second kappa shape index (κ2) is 3.45. The van der Waals surface area contributed by atoms with Gasteiger partial charge in [0.15, 0.2) is 0 Å². The first-order chi connectivity index (χ1) is 6.72. The normalized spacial score (nSPS) is 13.4. The maximum atomic E-state index is 4.41. The summed E-state index contributed by atoms with van der Waals surface area (Å²) in [6.45, 7) is 6.52. The Kier molecular flexibility index (Phi) is 2.28. The highest BCUT2D eigenvalue weighted by Gasteiger charge is 2.06. The van der Waals surface area contributed by atoms with E-state index in [9.17, 15) is 0 Å². The minimum absolute atomic E-state index is 0.530. The number of aromatic nitrogens is 2. The molecule has 2 aromatic rings. The maximum absolute atomic E-state index is 4.41. The van der Waals surface area contributed by atoms with Crippen molar-refractivity contribution in [1.29, 1.82) is 0 Å². The molecule has 0 spiro atoms. The van der Waals surface area contributed by atoms with E-state index in [0.29, 0.717) is 6.04 Å². The van der Waals surface area contributed by atoms with E-state index in [1.807, 2.05) is 6.33 Å². The van der Waals surface area contributed by atoms with Crippen molar-refractivity contribution in [3.05, 3.63) is 30.1 Å². The van der Waals surface area contributed by atoms with Gasteiger partial charge in [0.25, 0.3) is 0 Å². The number of benzene rings is 1. The third-order valence-electron chi connectivity index (χ3n) is 2.80. The molecule has 0 aliphatic heterocycles. The van der Waals surface area contributed by atoms with Crippen molar-refractivity contribution in [2.75, 3.05) is 0 Å². The summed E-state index contributed by atoms with van der Waals surface area (Å²) in [5, 5.41) is 0. The lowest BCUT2D eigenvalue weighted by atomic mass is 10.2. The van der Waals surface area contributed by atoms with Gasteiger partial charge in [-0.05, 0) is 38.0 Å². The Morgan fingerprint density at radius 1 is 1.43 bits per heavy atom. The van der Waals surface area contributed by atoms with Crippen LogP contribution < -0.4 is 0 Å². The van der Waals surface area contributed by atoms with E-state index in [4.69, 9.17) is 0 Å². The zero-order valence-corrected chi connectivity index (χ0v) is 8.99. The van der Waals surface area contributed by atoms with Crippen LogP contribution in [0.5, 0.6) is 0 Å². The minimum Gasteiger partial charge on any atom is -0.328 e. The Morgan fingerprint density at radius 2 is 2.21 bits per heavy atom. The summed E-state index contributed by atoms with van der Waals surface area (Å²) < 4.78 is 2.24. The molecule has 0 aliphatic rings. The first kappa shape index (κ1) is 9.25. The average Bonchev–Trinajstić information content (AvgIpc) is 2.59. The maximum Gasteiger partial charge on any atom is 0.0960 e. The van der Waals surface area contributed by atoms with Crippen LogP contribution in [0.15, 0.2) is 24.5 Å². The van der Waals surface area contributed by atoms with Gasteiger partial charge in [-0.1, -0.05) is 13.0 Å². The molecule has 0 aliphatic carbocycles. The summed E-state index contributed by atoms with van der Waals surface area (Å²) in [7, 11) is 0. The van der Waals surface area contributed by atoms with Crippen molar-refractivity contribution in [1.82, 2.24) is 9.55 Å². The van der Waals surface area contributed by atoms with Crippen molar-refractivity contribution >= 4 is 11.0 Å². The van der Waals surface area contributed by atoms with Crippen LogP contribution in [0.3, 0.4) is 0 Å². The molecular weight excluding hydrogens is 172 g/mol. The SMILES string of the molecule is CCC(C)n1cnc2cc(C)ccc21. The summed E-state index contributed by atoms with van der Waals surface area (Å²) >= 11 is 0. The van der Waals surface area contributed by atoms with E-state index in [1.165, 1.54) is 11.1 Å². The smallest absolute Gasteiger partial charge is 0.0960 e. The molecule has 1 aromatic carbocycles. The molecule has 0 saturated carbocycles. The number of fused-ring (bicyclic) bond motifs is 1. The summed E-state index contributed by atoms with van der Waals surface area (Å²) in [6.07, 6.45) is 3.08. The molecule has 0 saturated heterocycles. The van der Waals surface area contributed by atoms with Gasteiger partial charge in [0.1, 0.15) is 0 Å². The molecular formula is C12H16N2. The zero-order valence-electron chi connectivity index (χ0n) is 8.99. The van der Waals surface area contributed by atoms with Crippen molar-refractivity contribution in [2.45, 2.75) is 33.2 Å². The second-order valence-electron chi connectivity index (χ2n) is 3.90. The van der Waals surface area contributed by atoms with Crippen LogP contribution in [0, 0.1) is 6.92 Å². The van der Waals surface area contributed by atoms with E-state index in [2.05, 4.69) is 48.5 Å². The van der Waals surface area contributed by atoms with Gasteiger partial charge in [-0.2, -0.15) is 0 Å². The lowest BCUT2D eigenvalue weighted by molar-refractivity contribution is 0.544. The van der Waals surface area contributed by atoms with Crippen LogP contribution in [-0.4, -0.2) is 9.55 Å². The molecule has 1 unspecified atom stereocenters. The third-order valence-corrected chi connectivity index (χ3v) is 2.80. The van der Waals surface area contributed by atoms with Gasteiger partial charge in [-0.25, -0.2) is 4.98 Å². The largest absolute Gasteiger partial charge is 0.328 e. The molecule has 0 bridgehead atoms. The summed E-state index contributed by atoms with van der Waals surface area (Å²) in [5.74, 6) is 0. The number of aryl methyl sites for hydroxylation is 1. The monoisotopic (exact) mass is 188 g/mol. The quantitative estimate of drug-likeness (QED) is 0.707. The molecule has 0 fully saturated rings. The van der Waals surface area contributed by atoms with Crippen molar-refractivity contribution in [2.24, 2.45) is 0 Å². The Balaban J connectivity index is 2.58. The fraction of sp³-hybridized carbons (Fsp3) is 0.417. The minimum atomic E-state index is 0.530. The van der Waals surface area contributed by atoms with Gasteiger partial charge in [0.05, 0.1) is 17.4 Å². The van der Waals surface area contributed by atoms with E-state index >= 15 is 0 Å². The Morgan fingerprint density at radius 3 is 2.93 bits per heavy atom. The fourth-order valence-electron chi connectivity index (χ4n) is 1.69. The number of nitrogens with zero attached hydrogens (tertiary/aromatic N) is 2. The Hall–Kier alpha value is -1.31. The van der Waals surface area contributed by atoms with Gasteiger partial charge in [-0.3, -0.25) is 0 Å². The van der Waals surface area contributed by atoms with E-state index in [1.54, 1.807) is 0 Å². The predicted octanol–water partition coefficient (Wildman–Crippen LogP) is 3.32. The molecule has 0 radical (unpaired) electrons. The first-order valence-corrected chi connectivity index (χ1v) is 5.15. The zero-order chi connectivity index (χ0) is 10.1. The Bertz CT molecular complexity index is 443. The molecule has 2 rings (SSSR count). The number of hydrogen-bond acceptors (Lipinski definition) is 1. The van der Waals surface area contributed by atoms with Crippen LogP contribution >= 0.6 is 0 Å². The molecule has 1 heterocycles. The molecule has 0 N–H and O–H groups in total. The second-order valence-corrected chi connectivity index (χ2v) is 3.90. The van der Waals surface area contributed by atoms with Gasteiger partial charge in [0.2, 0.25) is 0 Å². The average molecular weight is 188 g/mol. The highest BCUT2D eigenvalue weighted by Crippen LogP contribution is 2.20. The van der Waals surface area contributed by atoms with Crippen LogP contribution in [0.2, 0.25) is 0 Å². The third kappa shape index (κ3) is 1.41. The number of hydrogen-bond donors (Lipinski definition) is 0. The molecule has 1 aromatic heterocycles. The van der Waals surface area contributed by atoms with Crippen molar-refractivity contribution < 1.29 is 0 Å². The van der Waals surface area contributed by atoms with Crippen molar-refractivity contribution in [3.8, 4) is 0 Å². The summed E-state index contributed by atoms with van der Waals surface area (Å²) in [5.41, 5.74) is 3.61. The lowest BCUT2D eigenvalue weighted by Gasteiger charge is -2.11. The first-order valence-electron chi connectivity index (χ1n) is 5.15. The van der Waals surface area contributed by atoms with Gasteiger partial charge in [-0.15, -0.1) is 0 Å². The highest BCUT2D eigenvalue weighted by atomic mass is 15.1. The van der Waals surface area contributed by atoms with Crippen LogP contribution in [0.1, 0.15) is 31.9 Å². The Labute approximate surface area is 84.6 Å². The molecule has 74 valence electrons. The van der Waals surface area contributed by atoms with Crippen LogP contribution in [0.25, 0.3) is 11.0 Å². The standard InChI is InChI=1S/C12H16N2/c1-4-10(3)14-8-13-11-7-9(2)5-6-12(11)14/h5-8,10H,4H2,1-3H3.